The number of benzene rings is 1. The van der Waals surface area contributed by atoms with Crippen LogP contribution in [0.4, 0.5) is 4.79 Å². The van der Waals surface area contributed by atoms with Crippen molar-refractivity contribution in [3.05, 3.63) is 23.8 Å². The predicted octanol–water partition coefficient (Wildman–Crippen LogP) is 2.32. The molecule has 1 atom stereocenters. The molecule has 1 saturated carbocycles. The highest BCUT2D eigenvalue weighted by Crippen LogP contribution is 2.33. The summed E-state index contributed by atoms with van der Waals surface area (Å²) >= 11 is 0. The second-order valence-electron chi connectivity index (χ2n) is 6.64. The molecule has 1 aromatic carbocycles. The van der Waals surface area contributed by atoms with Crippen molar-refractivity contribution in [1.82, 2.24) is 4.90 Å². The number of likely N-dealkylation sites (N-methyl/N-ethyl adjacent to an activating group) is 1. The van der Waals surface area contributed by atoms with Gasteiger partial charge in [0, 0.05) is 18.7 Å². The lowest BCUT2D eigenvalue weighted by Gasteiger charge is -2.29. The van der Waals surface area contributed by atoms with E-state index in [1.165, 1.54) is 4.90 Å². The van der Waals surface area contributed by atoms with E-state index < -0.39 is 12.1 Å². The molecule has 1 aliphatic carbocycles. The summed E-state index contributed by atoms with van der Waals surface area (Å²) in [5.41, 5.74) is 6.34. The number of hydrogen-bond acceptors (Lipinski definition) is 6. The van der Waals surface area contributed by atoms with Crippen molar-refractivity contribution in [1.29, 1.82) is 0 Å². The number of carbonyl (C=O) groups excluding carboxylic acids is 2. The van der Waals surface area contributed by atoms with E-state index in [9.17, 15) is 9.59 Å². The summed E-state index contributed by atoms with van der Waals surface area (Å²) < 4.78 is 16.1. The van der Waals surface area contributed by atoms with Gasteiger partial charge in [0.15, 0.2) is 17.3 Å². The standard InChI is InChI=1S/C18H24N2O5/c1-11(17(21)12-3-8-15-16(9-12)24-10-23-15)20(2)18(22)25-14-6-4-13(19)5-7-14/h3,8-9,11,13-14H,4-7,10,19H2,1-2H3. The highest BCUT2D eigenvalue weighted by molar-refractivity contribution is 6.01. The van der Waals surface area contributed by atoms with Gasteiger partial charge in [-0.25, -0.2) is 4.79 Å². The van der Waals surface area contributed by atoms with Crippen molar-refractivity contribution < 1.29 is 23.8 Å². The van der Waals surface area contributed by atoms with Crippen LogP contribution in [0, 0.1) is 0 Å². The van der Waals surface area contributed by atoms with E-state index in [0.717, 1.165) is 25.7 Å². The molecule has 136 valence electrons. The normalized spacial score (nSPS) is 23.0. The summed E-state index contributed by atoms with van der Waals surface area (Å²) in [6.45, 7) is 1.84. The van der Waals surface area contributed by atoms with Crippen LogP contribution in [0.15, 0.2) is 18.2 Å². The molecule has 2 N–H and O–H groups in total. The Morgan fingerprint density at radius 3 is 2.60 bits per heavy atom. The molecule has 7 nitrogen and oxygen atoms in total. The van der Waals surface area contributed by atoms with Crippen LogP contribution >= 0.6 is 0 Å². The molecule has 25 heavy (non-hydrogen) atoms. The average molecular weight is 348 g/mol. The number of rotatable bonds is 4. The highest BCUT2D eigenvalue weighted by atomic mass is 16.7. The maximum Gasteiger partial charge on any atom is 0.410 e. The Labute approximate surface area is 147 Å². The Balaban J connectivity index is 1.60. The van der Waals surface area contributed by atoms with Crippen LogP contribution in [-0.4, -0.2) is 48.8 Å². The lowest BCUT2D eigenvalue weighted by Crippen LogP contribution is -2.43. The Morgan fingerprint density at radius 1 is 1.20 bits per heavy atom. The number of ether oxygens (including phenoxy) is 3. The van der Waals surface area contributed by atoms with Gasteiger partial charge in [0.2, 0.25) is 6.79 Å². The molecule has 7 heteroatoms. The van der Waals surface area contributed by atoms with Gasteiger partial charge in [-0.15, -0.1) is 0 Å². The van der Waals surface area contributed by atoms with Crippen LogP contribution in [0.1, 0.15) is 43.0 Å². The zero-order valence-electron chi connectivity index (χ0n) is 14.6. The fourth-order valence-electron chi connectivity index (χ4n) is 3.06. The number of amides is 1. The smallest absolute Gasteiger partial charge is 0.410 e. The molecule has 1 heterocycles. The quantitative estimate of drug-likeness (QED) is 0.840. The lowest BCUT2D eigenvalue weighted by atomic mass is 9.94. The minimum atomic E-state index is -0.640. The van der Waals surface area contributed by atoms with Crippen molar-refractivity contribution in [2.75, 3.05) is 13.8 Å². The first-order chi connectivity index (χ1) is 12.0. The molecule has 0 spiro atoms. The molecule has 1 aliphatic heterocycles. The molecule has 1 unspecified atom stereocenters. The predicted molar refractivity (Wildman–Crippen MR) is 90.8 cm³/mol. The molecular formula is C18H24N2O5. The van der Waals surface area contributed by atoms with Gasteiger partial charge in [-0.2, -0.15) is 0 Å². The van der Waals surface area contributed by atoms with Crippen LogP contribution in [0.5, 0.6) is 11.5 Å². The summed E-state index contributed by atoms with van der Waals surface area (Å²) in [6, 6.07) is 4.57. The SMILES string of the molecule is CC(C(=O)c1ccc2c(c1)OCO2)N(C)C(=O)OC1CCC(N)CC1. The lowest BCUT2D eigenvalue weighted by molar-refractivity contribution is 0.0398. The number of fused-ring (bicyclic) bond motifs is 1. The van der Waals surface area contributed by atoms with E-state index in [1.54, 1.807) is 32.2 Å². The van der Waals surface area contributed by atoms with E-state index in [1.807, 2.05) is 0 Å². The minimum Gasteiger partial charge on any atom is -0.454 e. The van der Waals surface area contributed by atoms with E-state index in [2.05, 4.69) is 0 Å². The zero-order valence-corrected chi connectivity index (χ0v) is 14.6. The molecule has 1 aromatic rings. The fourth-order valence-corrected chi connectivity index (χ4v) is 3.06. The maximum atomic E-state index is 12.7. The van der Waals surface area contributed by atoms with Gasteiger partial charge in [-0.1, -0.05) is 0 Å². The minimum absolute atomic E-state index is 0.123. The van der Waals surface area contributed by atoms with Crippen molar-refractivity contribution in [2.24, 2.45) is 5.73 Å². The van der Waals surface area contributed by atoms with Gasteiger partial charge in [0.05, 0.1) is 6.04 Å². The van der Waals surface area contributed by atoms with Crippen molar-refractivity contribution >= 4 is 11.9 Å². The third-order valence-electron chi connectivity index (χ3n) is 4.89. The topological polar surface area (TPSA) is 91.1 Å². The average Bonchev–Trinajstić information content (AvgIpc) is 3.09. The Hall–Kier alpha value is -2.28. The van der Waals surface area contributed by atoms with E-state index >= 15 is 0 Å². The van der Waals surface area contributed by atoms with Crippen LogP contribution < -0.4 is 15.2 Å². The van der Waals surface area contributed by atoms with Gasteiger partial charge < -0.3 is 24.8 Å². The third kappa shape index (κ3) is 3.87. The van der Waals surface area contributed by atoms with Gasteiger partial charge in [0.1, 0.15) is 6.10 Å². The summed E-state index contributed by atoms with van der Waals surface area (Å²) in [4.78, 5) is 26.3. The van der Waals surface area contributed by atoms with Crippen LogP contribution in [0.3, 0.4) is 0 Å². The van der Waals surface area contributed by atoms with Gasteiger partial charge in [0.25, 0.3) is 0 Å². The Morgan fingerprint density at radius 2 is 1.88 bits per heavy atom. The van der Waals surface area contributed by atoms with Crippen molar-refractivity contribution in [3.8, 4) is 11.5 Å². The second-order valence-corrected chi connectivity index (χ2v) is 6.64. The number of Topliss-reactive ketones (excluding diaryl/α,β-unsaturated/α-hetero) is 1. The first-order valence-corrected chi connectivity index (χ1v) is 8.58. The maximum absolute atomic E-state index is 12.7. The molecule has 0 aromatic heterocycles. The summed E-state index contributed by atoms with van der Waals surface area (Å²) in [5, 5.41) is 0. The van der Waals surface area contributed by atoms with Crippen LogP contribution in [0.25, 0.3) is 0 Å². The third-order valence-corrected chi connectivity index (χ3v) is 4.89. The molecule has 3 rings (SSSR count). The highest BCUT2D eigenvalue weighted by Gasteiger charge is 2.29. The number of nitrogens with zero attached hydrogens (tertiary/aromatic N) is 1. The van der Waals surface area contributed by atoms with Gasteiger partial charge in [-0.05, 0) is 50.8 Å². The van der Waals surface area contributed by atoms with Gasteiger partial charge in [-0.3, -0.25) is 4.79 Å². The monoisotopic (exact) mass is 348 g/mol. The van der Waals surface area contributed by atoms with Crippen molar-refractivity contribution in [2.45, 2.75) is 50.8 Å². The number of carbonyl (C=O) groups is 2. The van der Waals surface area contributed by atoms with E-state index in [-0.39, 0.29) is 24.7 Å². The molecule has 0 radical (unpaired) electrons. The van der Waals surface area contributed by atoms with Crippen LogP contribution in [0.2, 0.25) is 0 Å². The number of ketones is 1. The summed E-state index contributed by atoms with van der Waals surface area (Å²) in [5.74, 6) is 0.984. The molecule has 2 aliphatic rings. The van der Waals surface area contributed by atoms with Gasteiger partial charge >= 0.3 is 6.09 Å². The molecule has 0 saturated heterocycles. The molecule has 1 fully saturated rings. The van der Waals surface area contributed by atoms with E-state index in [0.29, 0.717) is 17.1 Å². The number of nitrogens with two attached hydrogens (primary N) is 1. The molecule has 1 amide bonds. The van der Waals surface area contributed by atoms with Crippen LogP contribution in [-0.2, 0) is 4.74 Å². The fraction of sp³-hybridized carbons (Fsp3) is 0.556. The Kier molecular flexibility index (Phi) is 5.13. The second kappa shape index (κ2) is 7.31. The molecular weight excluding hydrogens is 324 g/mol. The van der Waals surface area contributed by atoms with Crippen molar-refractivity contribution in [3.63, 3.8) is 0 Å². The summed E-state index contributed by atoms with van der Waals surface area (Å²) in [6.07, 6.45) is 2.64. The van der Waals surface area contributed by atoms with E-state index in [4.69, 9.17) is 19.9 Å². The Bertz CT molecular complexity index is 655. The zero-order chi connectivity index (χ0) is 18.0. The number of hydrogen-bond donors (Lipinski definition) is 1. The first kappa shape index (κ1) is 17.5. The first-order valence-electron chi connectivity index (χ1n) is 8.58. The molecule has 0 bridgehead atoms. The summed E-state index contributed by atoms with van der Waals surface area (Å²) in [7, 11) is 1.58. The largest absolute Gasteiger partial charge is 0.454 e.